The van der Waals surface area contributed by atoms with E-state index in [0.29, 0.717) is 37.2 Å². The summed E-state index contributed by atoms with van der Waals surface area (Å²) in [4.78, 5) is 39.6. The topological polar surface area (TPSA) is 116 Å². The van der Waals surface area contributed by atoms with Gasteiger partial charge in [-0.15, -0.1) is 0 Å². The molecule has 0 radical (unpaired) electrons. The minimum atomic E-state index is -3.61. The zero-order valence-electron chi connectivity index (χ0n) is 19.6. The Labute approximate surface area is 200 Å². The van der Waals surface area contributed by atoms with E-state index in [-0.39, 0.29) is 4.90 Å². The van der Waals surface area contributed by atoms with Gasteiger partial charge in [0, 0.05) is 18.8 Å². The van der Waals surface area contributed by atoms with Gasteiger partial charge in [0.05, 0.1) is 4.90 Å². The Bertz CT molecular complexity index is 1150. The Morgan fingerprint density at radius 1 is 1.00 bits per heavy atom. The molecule has 182 valence electrons. The maximum Gasteiger partial charge on any atom is 0.325 e. The van der Waals surface area contributed by atoms with Crippen LogP contribution in [0.3, 0.4) is 0 Å². The van der Waals surface area contributed by atoms with Crippen molar-refractivity contribution in [2.75, 3.05) is 25.0 Å². The van der Waals surface area contributed by atoms with Gasteiger partial charge in [-0.25, -0.2) is 13.2 Å². The molecule has 0 unspecified atom stereocenters. The molecule has 10 heteroatoms. The minimum absolute atomic E-state index is 0.121. The van der Waals surface area contributed by atoms with Crippen molar-refractivity contribution in [3.05, 3.63) is 60.2 Å². The van der Waals surface area contributed by atoms with Gasteiger partial charge in [0.1, 0.15) is 12.1 Å². The second-order valence-electron chi connectivity index (χ2n) is 8.00. The predicted octanol–water partition coefficient (Wildman–Crippen LogP) is 2.90. The number of amides is 4. The smallest absolute Gasteiger partial charge is 0.325 e. The number of benzene rings is 2. The first-order valence-corrected chi connectivity index (χ1v) is 12.7. The number of rotatable bonds is 10. The highest BCUT2D eigenvalue weighted by Gasteiger charge is 2.52. The number of nitrogens with one attached hydrogen (secondary N) is 2. The third-order valence-corrected chi connectivity index (χ3v) is 7.91. The van der Waals surface area contributed by atoms with Gasteiger partial charge in [-0.3, -0.25) is 14.5 Å². The Kier molecular flexibility index (Phi) is 7.73. The summed E-state index contributed by atoms with van der Waals surface area (Å²) in [6.07, 6.45) is 1.06. The van der Waals surface area contributed by atoms with Crippen LogP contribution in [0.1, 0.15) is 39.2 Å². The Morgan fingerprint density at radius 2 is 1.62 bits per heavy atom. The van der Waals surface area contributed by atoms with Crippen molar-refractivity contribution in [3.8, 4) is 0 Å². The number of sulfonamides is 1. The van der Waals surface area contributed by atoms with Gasteiger partial charge in [0.15, 0.2) is 0 Å². The van der Waals surface area contributed by atoms with Gasteiger partial charge < -0.3 is 10.6 Å². The first-order valence-electron chi connectivity index (χ1n) is 11.3. The number of urea groups is 1. The monoisotopic (exact) mass is 486 g/mol. The molecule has 4 amide bonds. The number of anilines is 1. The number of hydrogen-bond donors (Lipinski definition) is 2. The molecule has 3 rings (SSSR count). The molecule has 2 aromatic rings. The van der Waals surface area contributed by atoms with Gasteiger partial charge in [-0.05, 0) is 36.2 Å². The van der Waals surface area contributed by atoms with Crippen molar-refractivity contribution in [1.82, 2.24) is 14.5 Å². The highest BCUT2D eigenvalue weighted by Crippen LogP contribution is 2.33. The first-order chi connectivity index (χ1) is 16.2. The lowest BCUT2D eigenvalue weighted by atomic mass is 9.85. The molecule has 1 atom stereocenters. The summed E-state index contributed by atoms with van der Waals surface area (Å²) in [6.45, 7) is 5.69. The highest BCUT2D eigenvalue weighted by atomic mass is 32.2. The van der Waals surface area contributed by atoms with E-state index in [1.165, 1.54) is 28.6 Å². The molecule has 1 heterocycles. The molecule has 0 aliphatic carbocycles. The molecule has 0 spiro atoms. The van der Waals surface area contributed by atoms with Crippen LogP contribution in [0.25, 0.3) is 0 Å². The lowest BCUT2D eigenvalue weighted by Crippen LogP contribution is -2.44. The number of carbonyl (C=O) groups excluding carboxylic acids is 3. The summed E-state index contributed by atoms with van der Waals surface area (Å²) in [7, 11) is -3.61. The van der Waals surface area contributed by atoms with E-state index in [0.717, 1.165) is 4.90 Å². The van der Waals surface area contributed by atoms with Crippen LogP contribution in [0.5, 0.6) is 0 Å². The second kappa shape index (κ2) is 10.4. The van der Waals surface area contributed by atoms with Gasteiger partial charge in [0.25, 0.3) is 5.91 Å². The van der Waals surface area contributed by atoms with Crippen molar-refractivity contribution in [3.63, 3.8) is 0 Å². The molecule has 2 N–H and O–H groups in total. The number of imide groups is 1. The molecule has 1 aliphatic rings. The van der Waals surface area contributed by atoms with E-state index >= 15 is 0 Å². The SMILES string of the molecule is CCC[C@@]1(c2ccccc2)NC(=O)N(CC(=O)Nc2ccc(S(=O)(=O)N(CC)CC)cc2)C1=O. The molecule has 0 bridgehead atoms. The van der Waals surface area contributed by atoms with E-state index in [1.807, 2.05) is 13.0 Å². The van der Waals surface area contributed by atoms with Gasteiger partial charge >= 0.3 is 6.03 Å². The van der Waals surface area contributed by atoms with Crippen LogP contribution in [0.2, 0.25) is 0 Å². The molecule has 34 heavy (non-hydrogen) atoms. The number of hydrogen-bond acceptors (Lipinski definition) is 5. The van der Waals surface area contributed by atoms with Crippen LogP contribution in [-0.4, -0.2) is 55.1 Å². The lowest BCUT2D eigenvalue weighted by molar-refractivity contribution is -0.134. The van der Waals surface area contributed by atoms with Crippen LogP contribution >= 0.6 is 0 Å². The Balaban J connectivity index is 1.73. The number of nitrogens with zero attached hydrogens (tertiary/aromatic N) is 2. The molecule has 2 aromatic carbocycles. The maximum absolute atomic E-state index is 13.3. The fourth-order valence-corrected chi connectivity index (χ4v) is 5.60. The first kappa shape index (κ1) is 25.4. The molecule has 0 saturated carbocycles. The average molecular weight is 487 g/mol. The van der Waals surface area contributed by atoms with E-state index < -0.39 is 40.0 Å². The maximum atomic E-state index is 13.3. The summed E-state index contributed by atoms with van der Waals surface area (Å²) in [5, 5.41) is 5.41. The standard InChI is InChI=1S/C24H30N4O5S/c1-4-16-24(18-10-8-7-9-11-18)22(30)28(23(31)26-24)17-21(29)25-19-12-14-20(15-13-19)34(32,33)27(5-2)6-3/h7-15H,4-6,16-17H2,1-3H3,(H,25,29)(H,26,31)/t24-/m0/s1. The molecule has 1 fully saturated rings. The van der Waals surface area contributed by atoms with E-state index in [4.69, 9.17) is 0 Å². The molecule has 1 saturated heterocycles. The minimum Gasteiger partial charge on any atom is -0.325 e. The Morgan fingerprint density at radius 3 is 2.18 bits per heavy atom. The highest BCUT2D eigenvalue weighted by molar-refractivity contribution is 7.89. The van der Waals surface area contributed by atoms with Crippen LogP contribution < -0.4 is 10.6 Å². The summed E-state index contributed by atoms with van der Waals surface area (Å²) in [6, 6.07) is 14.1. The zero-order valence-corrected chi connectivity index (χ0v) is 20.4. The molecule has 1 aliphatic heterocycles. The van der Waals surface area contributed by atoms with E-state index in [2.05, 4.69) is 10.6 Å². The van der Waals surface area contributed by atoms with Crippen molar-refractivity contribution >= 4 is 33.6 Å². The summed E-state index contributed by atoms with van der Waals surface area (Å²) in [5.74, 6) is -1.04. The quantitative estimate of drug-likeness (QED) is 0.501. The third-order valence-electron chi connectivity index (χ3n) is 5.85. The van der Waals surface area contributed by atoms with Crippen LogP contribution in [0, 0.1) is 0 Å². The van der Waals surface area contributed by atoms with Crippen molar-refractivity contribution in [2.24, 2.45) is 0 Å². The van der Waals surface area contributed by atoms with Crippen LogP contribution in [0.4, 0.5) is 10.5 Å². The summed E-state index contributed by atoms with van der Waals surface area (Å²) in [5.41, 5.74) is -0.171. The Hall–Kier alpha value is -3.24. The molecule has 0 aromatic heterocycles. The van der Waals surface area contributed by atoms with Gasteiger partial charge in [-0.1, -0.05) is 57.5 Å². The van der Waals surface area contributed by atoms with Crippen molar-refractivity contribution in [2.45, 2.75) is 44.0 Å². The normalized spacial score (nSPS) is 18.3. The van der Waals surface area contributed by atoms with Gasteiger partial charge in [0.2, 0.25) is 15.9 Å². The van der Waals surface area contributed by atoms with Crippen molar-refractivity contribution in [1.29, 1.82) is 0 Å². The summed E-state index contributed by atoms with van der Waals surface area (Å²) >= 11 is 0. The molecule has 9 nitrogen and oxygen atoms in total. The zero-order chi connectivity index (χ0) is 24.9. The number of carbonyl (C=O) groups is 3. The third kappa shape index (κ3) is 4.83. The fourth-order valence-electron chi connectivity index (χ4n) is 4.14. The van der Waals surface area contributed by atoms with Gasteiger partial charge in [-0.2, -0.15) is 4.31 Å². The summed E-state index contributed by atoms with van der Waals surface area (Å²) < 4.78 is 26.6. The van der Waals surface area contributed by atoms with Crippen LogP contribution in [-0.2, 0) is 25.2 Å². The predicted molar refractivity (Wildman–Crippen MR) is 128 cm³/mol. The molecular weight excluding hydrogens is 456 g/mol. The fraction of sp³-hybridized carbons (Fsp3) is 0.375. The van der Waals surface area contributed by atoms with E-state index in [9.17, 15) is 22.8 Å². The molecular formula is C24H30N4O5S. The lowest BCUT2D eigenvalue weighted by Gasteiger charge is -2.26. The average Bonchev–Trinajstić information content (AvgIpc) is 3.06. The van der Waals surface area contributed by atoms with E-state index in [1.54, 1.807) is 38.1 Å². The largest absolute Gasteiger partial charge is 0.325 e. The van der Waals surface area contributed by atoms with Crippen LogP contribution in [0.15, 0.2) is 59.5 Å². The second-order valence-corrected chi connectivity index (χ2v) is 9.94. The van der Waals surface area contributed by atoms with Crippen molar-refractivity contribution < 1.29 is 22.8 Å².